The molecule has 31 heavy (non-hydrogen) atoms. The van der Waals surface area contributed by atoms with Gasteiger partial charge in [0, 0.05) is 11.1 Å². The largest absolute Gasteiger partial charge is 0.422 e. The van der Waals surface area contributed by atoms with E-state index in [9.17, 15) is 22.0 Å². The number of rotatable bonds is 2. The van der Waals surface area contributed by atoms with Crippen LogP contribution in [-0.4, -0.2) is 0 Å². The van der Waals surface area contributed by atoms with Gasteiger partial charge >= 0.3 is 6.18 Å². The minimum absolute atomic E-state index is 0.116. The molecule has 1 fully saturated rings. The van der Waals surface area contributed by atoms with Gasteiger partial charge in [0.25, 0.3) is 0 Å². The zero-order valence-corrected chi connectivity index (χ0v) is 17.5. The van der Waals surface area contributed by atoms with Gasteiger partial charge in [-0.2, -0.15) is 13.2 Å². The summed E-state index contributed by atoms with van der Waals surface area (Å²) < 4.78 is 65.7. The predicted octanol–water partition coefficient (Wildman–Crippen LogP) is 7.63. The molecule has 1 saturated carbocycles. The van der Waals surface area contributed by atoms with Crippen LogP contribution in [0.2, 0.25) is 0 Å². The monoisotopic (exact) mass is 432 g/mol. The van der Waals surface area contributed by atoms with Gasteiger partial charge in [0.15, 0.2) is 0 Å². The Bertz CT molecular complexity index is 1000. The SMILES string of the molecule is CCCC1CCC2c3ccc(C#Cc4cc(F)c(C(F)(F)F)c(F)c4)cc3CCC2C1. The maximum absolute atomic E-state index is 13.8. The smallest absolute Gasteiger partial charge is 0.206 e. The lowest BCUT2D eigenvalue weighted by atomic mass is 9.64. The van der Waals surface area contributed by atoms with Gasteiger partial charge in [0.2, 0.25) is 0 Å². The third-order valence-corrected chi connectivity index (χ3v) is 6.79. The lowest BCUT2D eigenvalue weighted by Crippen LogP contribution is -2.28. The molecule has 2 aliphatic rings. The summed E-state index contributed by atoms with van der Waals surface area (Å²) in [5.41, 5.74) is 1.37. The summed E-state index contributed by atoms with van der Waals surface area (Å²) in [5, 5.41) is 0. The van der Waals surface area contributed by atoms with Gasteiger partial charge < -0.3 is 0 Å². The molecule has 0 aliphatic heterocycles. The molecule has 0 N–H and O–H groups in total. The van der Waals surface area contributed by atoms with E-state index in [4.69, 9.17) is 0 Å². The quantitative estimate of drug-likeness (QED) is 0.338. The summed E-state index contributed by atoms with van der Waals surface area (Å²) in [5.74, 6) is 4.36. The Morgan fingerprint density at radius 2 is 1.65 bits per heavy atom. The second-order valence-electron chi connectivity index (χ2n) is 8.85. The Kier molecular flexibility index (Phi) is 6.10. The van der Waals surface area contributed by atoms with E-state index in [1.165, 1.54) is 49.7 Å². The summed E-state index contributed by atoms with van der Waals surface area (Å²) in [6.07, 6.45) is 3.46. The van der Waals surface area contributed by atoms with Crippen molar-refractivity contribution in [3.63, 3.8) is 0 Å². The fraction of sp³-hybridized carbons (Fsp3) is 0.462. The van der Waals surface area contributed by atoms with E-state index in [2.05, 4.69) is 24.8 Å². The first-order chi connectivity index (χ1) is 14.8. The van der Waals surface area contributed by atoms with Crippen LogP contribution in [0.15, 0.2) is 30.3 Å². The van der Waals surface area contributed by atoms with Crippen LogP contribution in [0.3, 0.4) is 0 Å². The molecule has 0 spiro atoms. The lowest BCUT2D eigenvalue weighted by Gasteiger charge is -2.40. The van der Waals surface area contributed by atoms with Gasteiger partial charge in [-0.15, -0.1) is 0 Å². The summed E-state index contributed by atoms with van der Waals surface area (Å²) in [4.78, 5) is 0. The highest BCUT2D eigenvalue weighted by atomic mass is 19.4. The Hall–Kier alpha value is -2.35. The van der Waals surface area contributed by atoms with Crippen molar-refractivity contribution in [1.82, 2.24) is 0 Å². The molecule has 0 radical (unpaired) electrons. The normalized spacial score (nSPS) is 22.8. The molecular weight excluding hydrogens is 407 g/mol. The molecule has 2 aromatic rings. The third-order valence-electron chi connectivity index (χ3n) is 6.79. The van der Waals surface area contributed by atoms with Crippen LogP contribution in [0, 0.1) is 35.3 Å². The van der Waals surface area contributed by atoms with Crippen molar-refractivity contribution in [2.45, 2.75) is 64.0 Å². The number of alkyl halides is 3. The van der Waals surface area contributed by atoms with E-state index in [1.54, 1.807) is 0 Å². The molecule has 3 unspecified atom stereocenters. The Morgan fingerprint density at radius 3 is 2.32 bits per heavy atom. The molecule has 2 aromatic carbocycles. The zero-order chi connectivity index (χ0) is 22.2. The van der Waals surface area contributed by atoms with E-state index in [0.29, 0.717) is 23.6 Å². The number of aryl methyl sites for hydroxylation is 1. The van der Waals surface area contributed by atoms with Gasteiger partial charge in [-0.25, -0.2) is 8.78 Å². The van der Waals surface area contributed by atoms with Crippen LogP contribution >= 0.6 is 0 Å². The van der Waals surface area contributed by atoms with Crippen LogP contribution < -0.4 is 0 Å². The summed E-state index contributed by atoms with van der Waals surface area (Å²) >= 11 is 0. The van der Waals surface area contributed by atoms with Crippen molar-refractivity contribution >= 4 is 0 Å². The number of hydrogen-bond donors (Lipinski definition) is 0. The number of fused-ring (bicyclic) bond motifs is 3. The molecule has 2 aliphatic carbocycles. The van der Waals surface area contributed by atoms with E-state index >= 15 is 0 Å². The maximum atomic E-state index is 13.8. The molecule has 0 aromatic heterocycles. The molecule has 0 nitrogen and oxygen atoms in total. The van der Waals surface area contributed by atoms with Gasteiger partial charge in [-0.1, -0.05) is 37.7 Å². The zero-order valence-electron chi connectivity index (χ0n) is 17.5. The first-order valence-electron chi connectivity index (χ1n) is 11.0. The predicted molar refractivity (Wildman–Crippen MR) is 111 cm³/mol. The van der Waals surface area contributed by atoms with Crippen molar-refractivity contribution in [3.8, 4) is 11.8 Å². The van der Waals surface area contributed by atoms with Gasteiger partial charge in [-0.3, -0.25) is 0 Å². The minimum Gasteiger partial charge on any atom is -0.206 e. The molecule has 0 heterocycles. The fourth-order valence-electron chi connectivity index (χ4n) is 5.42. The minimum atomic E-state index is -5.08. The van der Waals surface area contributed by atoms with Crippen LogP contribution in [0.1, 0.15) is 79.2 Å². The van der Waals surface area contributed by atoms with Crippen molar-refractivity contribution < 1.29 is 22.0 Å². The van der Waals surface area contributed by atoms with Crippen LogP contribution in [-0.2, 0) is 12.6 Å². The topological polar surface area (TPSA) is 0 Å². The molecule has 0 amide bonds. The Balaban J connectivity index is 1.54. The molecule has 0 saturated heterocycles. The molecule has 3 atom stereocenters. The number of halogens is 5. The molecular formula is C26H25F5. The van der Waals surface area contributed by atoms with Gasteiger partial charge in [0.1, 0.15) is 17.2 Å². The van der Waals surface area contributed by atoms with Gasteiger partial charge in [0.05, 0.1) is 0 Å². The molecule has 164 valence electrons. The van der Waals surface area contributed by atoms with Gasteiger partial charge in [-0.05, 0) is 85.3 Å². The van der Waals surface area contributed by atoms with Crippen LogP contribution in [0.25, 0.3) is 0 Å². The van der Waals surface area contributed by atoms with Crippen LogP contribution in [0.5, 0.6) is 0 Å². The van der Waals surface area contributed by atoms with Crippen molar-refractivity contribution in [3.05, 3.63) is 69.8 Å². The van der Waals surface area contributed by atoms with Crippen molar-refractivity contribution in [2.24, 2.45) is 11.8 Å². The highest BCUT2D eigenvalue weighted by molar-refractivity contribution is 5.48. The highest BCUT2D eigenvalue weighted by Crippen LogP contribution is 2.47. The number of hydrogen-bond acceptors (Lipinski definition) is 0. The Morgan fingerprint density at radius 1 is 0.935 bits per heavy atom. The van der Waals surface area contributed by atoms with E-state index in [0.717, 1.165) is 18.3 Å². The molecule has 4 rings (SSSR count). The fourth-order valence-corrected chi connectivity index (χ4v) is 5.42. The van der Waals surface area contributed by atoms with Crippen LogP contribution in [0.4, 0.5) is 22.0 Å². The lowest BCUT2D eigenvalue weighted by molar-refractivity contribution is -0.142. The van der Waals surface area contributed by atoms with E-state index in [1.807, 2.05) is 12.1 Å². The number of benzene rings is 2. The van der Waals surface area contributed by atoms with Crippen molar-refractivity contribution in [1.29, 1.82) is 0 Å². The first-order valence-corrected chi connectivity index (χ1v) is 11.0. The summed E-state index contributed by atoms with van der Waals surface area (Å²) in [7, 11) is 0. The molecule has 0 bridgehead atoms. The third kappa shape index (κ3) is 4.63. The second kappa shape index (κ2) is 8.65. The average molecular weight is 432 g/mol. The second-order valence-corrected chi connectivity index (χ2v) is 8.85. The summed E-state index contributed by atoms with van der Waals surface area (Å²) in [6.45, 7) is 2.25. The maximum Gasteiger partial charge on any atom is 0.422 e. The average Bonchev–Trinajstić information content (AvgIpc) is 2.70. The van der Waals surface area contributed by atoms with E-state index in [-0.39, 0.29) is 5.56 Å². The Labute approximate surface area is 179 Å². The van der Waals surface area contributed by atoms with E-state index < -0.39 is 23.4 Å². The standard InChI is InChI=1S/C26H25F5/c1-2-3-16-6-10-21-19(12-16)8-9-20-13-17(7-11-22(20)21)4-5-18-14-23(27)25(24(28)15-18)26(29,30)31/h7,11,13-16,19,21H,2-3,6,8-10,12H2,1H3. The summed E-state index contributed by atoms with van der Waals surface area (Å²) in [6, 6.07) is 7.31. The highest BCUT2D eigenvalue weighted by Gasteiger charge is 2.38. The van der Waals surface area contributed by atoms with Crippen molar-refractivity contribution in [2.75, 3.05) is 0 Å². The first kappa shape index (κ1) is 21.9. The molecule has 5 heteroatoms.